The van der Waals surface area contributed by atoms with Crippen LogP contribution in [0.1, 0.15) is 17.3 Å². The Labute approximate surface area is 121 Å². The van der Waals surface area contributed by atoms with E-state index in [1.807, 2.05) is 6.92 Å². The monoisotopic (exact) mass is 293 g/mol. The molecule has 2 aromatic rings. The summed E-state index contributed by atoms with van der Waals surface area (Å²) < 4.78 is 13.0. The minimum atomic E-state index is -0.456. The molecule has 0 fully saturated rings. The number of anilines is 2. The Kier molecular flexibility index (Phi) is 4.53. The van der Waals surface area contributed by atoms with Gasteiger partial charge < -0.3 is 10.6 Å². The van der Waals surface area contributed by atoms with Crippen molar-refractivity contribution in [2.24, 2.45) is 0 Å². The van der Waals surface area contributed by atoms with Crippen molar-refractivity contribution in [3.63, 3.8) is 0 Å². The molecule has 0 radical (unpaired) electrons. The van der Waals surface area contributed by atoms with E-state index in [9.17, 15) is 9.18 Å². The lowest BCUT2D eigenvalue weighted by molar-refractivity contribution is 0.102. The second kappa shape index (κ2) is 6.34. The number of aromatic nitrogens is 1. The average Bonchev–Trinajstić information content (AvgIpc) is 2.43. The Morgan fingerprint density at radius 3 is 2.90 bits per heavy atom. The summed E-state index contributed by atoms with van der Waals surface area (Å²) in [6, 6.07) is 7.11. The number of carbonyl (C=O) groups is 1. The second-order valence-electron chi connectivity index (χ2n) is 4.01. The van der Waals surface area contributed by atoms with Gasteiger partial charge in [0.15, 0.2) is 0 Å². The van der Waals surface area contributed by atoms with Crippen molar-refractivity contribution in [3.8, 4) is 0 Å². The first-order valence-corrected chi connectivity index (χ1v) is 6.45. The molecule has 0 unspecified atom stereocenters. The van der Waals surface area contributed by atoms with Crippen LogP contribution in [0.15, 0.2) is 36.5 Å². The van der Waals surface area contributed by atoms with E-state index in [4.69, 9.17) is 11.6 Å². The van der Waals surface area contributed by atoms with Crippen molar-refractivity contribution < 1.29 is 9.18 Å². The maximum absolute atomic E-state index is 13.0. The number of hydrogen-bond acceptors (Lipinski definition) is 3. The van der Waals surface area contributed by atoms with Crippen LogP contribution in [0.4, 0.5) is 15.9 Å². The molecule has 1 aromatic heterocycles. The number of halogens is 2. The summed E-state index contributed by atoms with van der Waals surface area (Å²) in [5.74, 6) is -0.323. The van der Waals surface area contributed by atoms with Crippen LogP contribution in [-0.2, 0) is 0 Å². The minimum absolute atomic E-state index is 0.146. The van der Waals surface area contributed by atoms with Gasteiger partial charge in [0, 0.05) is 12.7 Å². The highest BCUT2D eigenvalue weighted by Crippen LogP contribution is 2.23. The van der Waals surface area contributed by atoms with Gasteiger partial charge in [-0.05, 0) is 37.3 Å². The number of nitrogens with one attached hydrogen (secondary N) is 2. The first-order valence-electron chi connectivity index (χ1n) is 6.07. The molecule has 2 N–H and O–H groups in total. The fourth-order valence-electron chi connectivity index (χ4n) is 1.68. The van der Waals surface area contributed by atoms with Crippen LogP contribution in [0, 0.1) is 5.82 Å². The summed E-state index contributed by atoms with van der Waals surface area (Å²) in [4.78, 5) is 16.3. The van der Waals surface area contributed by atoms with Crippen LogP contribution < -0.4 is 10.6 Å². The number of nitrogens with zero attached hydrogens (tertiary/aromatic N) is 1. The number of amides is 1. The molecule has 0 spiro atoms. The third kappa shape index (κ3) is 3.24. The van der Waals surface area contributed by atoms with E-state index in [1.165, 1.54) is 12.1 Å². The molecular weight excluding hydrogens is 281 g/mol. The Morgan fingerprint density at radius 2 is 2.20 bits per heavy atom. The normalized spacial score (nSPS) is 10.2. The molecule has 4 nitrogen and oxygen atoms in total. The van der Waals surface area contributed by atoms with Gasteiger partial charge in [0.05, 0.1) is 16.3 Å². The number of benzene rings is 1. The van der Waals surface area contributed by atoms with Crippen molar-refractivity contribution in [1.29, 1.82) is 0 Å². The third-order valence-electron chi connectivity index (χ3n) is 2.58. The predicted octanol–water partition coefficient (Wildman–Crippen LogP) is 3.56. The number of carbonyl (C=O) groups excluding carboxylic acids is 1. The fraction of sp³-hybridized carbons (Fsp3) is 0.143. The molecule has 1 heterocycles. The molecule has 6 heteroatoms. The molecular formula is C14H13ClFN3O. The van der Waals surface area contributed by atoms with Gasteiger partial charge in [0.1, 0.15) is 11.6 Å². The van der Waals surface area contributed by atoms with E-state index < -0.39 is 5.82 Å². The van der Waals surface area contributed by atoms with E-state index in [-0.39, 0.29) is 10.9 Å². The first kappa shape index (κ1) is 14.3. The van der Waals surface area contributed by atoms with Crippen LogP contribution in [0.3, 0.4) is 0 Å². The highest BCUT2D eigenvalue weighted by atomic mass is 35.5. The predicted molar refractivity (Wildman–Crippen MR) is 77.8 cm³/mol. The van der Waals surface area contributed by atoms with Gasteiger partial charge in [0.25, 0.3) is 5.91 Å². The van der Waals surface area contributed by atoms with E-state index in [2.05, 4.69) is 15.6 Å². The number of pyridine rings is 1. The first-order chi connectivity index (χ1) is 9.61. The van der Waals surface area contributed by atoms with Gasteiger partial charge in [-0.1, -0.05) is 11.6 Å². The average molecular weight is 294 g/mol. The lowest BCUT2D eigenvalue weighted by atomic mass is 10.2. The molecule has 104 valence electrons. The fourth-order valence-corrected chi connectivity index (χ4v) is 1.89. The summed E-state index contributed by atoms with van der Waals surface area (Å²) in [6.07, 6.45) is 1.60. The Balaban J connectivity index is 2.24. The molecule has 2 rings (SSSR count). The quantitative estimate of drug-likeness (QED) is 0.906. The largest absolute Gasteiger partial charge is 0.370 e. The van der Waals surface area contributed by atoms with Crippen molar-refractivity contribution in [1.82, 2.24) is 4.98 Å². The topological polar surface area (TPSA) is 54.0 Å². The van der Waals surface area contributed by atoms with Gasteiger partial charge in [-0.3, -0.25) is 4.79 Å². The molecule has 0 bridgehead atoms. The van der Waals surface area contributed by atoms with Gasteiger partial charge in [-0.15, -0.1) is 0 Å². The Hall–Kier alpha value is -2.14. The lowest BCUT2D eigenvalue weighted by Crippen LogP contribution is -2.16. The highest BCUT2D eigenvalue weighted by Gasteiger charge is 2.13. The standard InChI is InChI=1S/C14H13ClFN3O/c1-2-17-13-10(4-3-7-18-13)14(20)19-12-6-5-9(16)8-11(12)15/h3-8H,2H2,1H3,(H,17,18)(H,19,20). The zero-order valence-corrected chi connectivity index (χ0v) is 11.5. The van der Waals surface area contributed by atoms with Gasteiger partial charge in [-0.2, -0.15) is 0 Å². The lowest BCUT2D eigenvalue weighted by Gasteiger charge is -2.10. The van der Waals surface area contributed by atoms with Crippen LogP contribution in [0.25, 0.3) is 0 Å². The second-order valence-corrected chi connectivity index (χ2v) is 4.42. The van der Waals surface area contributed by atoms with Crippen molar-refractivity contribution in [2.45, 2.75) is 6.92 Å². The summed E-state index contributed by atoms with van der Waals surface area (Å²) in [7, 11) is 0. The van der Waals surface area contributed by atoms with Crippen LogP contribution in [-0.4, -0.2) is 17.4 Å². The smallest absolute Gasteiger partial charge is 0.259 e. The van der Waals surface area contributed by atoms with Gasteiger partial charge in [-0.25, -0.2) is 9.37 Å². The maximum atomic E-state index is 13.0. The Morgan fingerprint density at radius 1 is 1.40 bits per heavy atom. The zero-order valence-electron chi connectivity index (χ0n) is 10.8. The molecule has 0 aliphatic rings. The maximum Gasteiger partial charge on any atom is 0.259 e. The summed E-state index contributed by atoms with van der Waals surface area (Å²) >= 11 is 5.88. The molecule has 0 aliphatic carbocycles. The van der Waals surface area contributed by atoms with Crippen molar-refractivity contribution >= 4 is 29.0 Å². The van der Waals surface area contributed by atoms with E-state index >= 15 is 0 Å². The minimum Gasteiger partial charge on any atom is -0.370 e. The number of rotatable bonds is 4. The van der Waals surface area contributed by atoms with Crippen LogP contribution in [0.2, 0.25) is 5.02 Å². The summed E-state index contributed by atoms with van der Waals surface area (Å²) in [5.41, 5.74) is 0.749. The number of hydrogen-bond donors (Lipinski definition) is 2. The van der Waals surface area contributed by atoms with E-state index in [0.29, 0.717) is 23.6 Å². The molecule has 20 heavy (non-hydrogen) atoms. The molecule has 1 aromatic carbocycles. The molecule has 1 amide bonds. The molecule has 0 saturated carbocycles. The molecule has 0 aliphatic heterocycles. The summed E-state index contributed by atoms with van der Waals surface area (Å²) in [5, 5.41) is 5.78. The molecule has 0 saturated heterocycles. The SMILES string of the molecule is CCNc1ncccc1C(=O)Nc1ccc(F)cc1Cl. The van der Waals surface area contributed by atoms with Crippen molar-refractivity contribution in [3.05, 3.63) is 52.9 Å². The Bertz CT molecular complexity index is 634. The summed E-state index contributed by atoms with van der Waals surface area (Å²) in [6.45, 7) is 2.56. The third-order valence-corrected chi connectivity index (χ3v) is 2.89. The van der Waals surface area contributed by atoms with Gasteiger partial charge in [0.2, 0.25) is 0 Å². The van der Waals surface area contributed by atoms with Gasteiger partial charge >= 0.3 is 0 Å². The van der Waals surface area contributed by atoms with E-state index in [0.717, 1.165) is 6.07 Å². The molecule has 0 atom stereocenters. The van der Waals surface area contributed by atoms with Crippen molar-refractivity contribution in [2.75, 3.05) is 17.2 Å². The van der Waals surface area contributed by atoms with Crippen LogP contribution >= 0.6 is 11.6 Å². The van der Waals surface area contributed by atoms with Crippen LogP contribution in [0.5, 0.6) is 0 Å². The zero-order chi connectivity index (χ0) is 14.5. The highest BCUT2D eigenvalue weighted by molar-refractivity contribution is 6.34. The van der Waals surface area contributed by atoms with E-state index in [1.54, 1.807) is 18.3 Å².